The van der Waals surface area contributed by atoms with Gasteiger partial charge in [0.2, 0.25) is 0 Å². The Morgan fingerprint density at radius 1 is 0.774 bits per heavy atom. The molecule has 0 spiro atoms. The van der Waals surface area contributed by atoms with Crippen LogP contribution in [-0.2, 0) is 6.54 Å². The second-order valence-electron chi connectivity index (χ2n) is 7.71. The van der Waals surface area contributed by atoms with Gasteiger partial charge >= 0.3 is 0 Å². The van der Waals surface area contributed by atoms with Crippen LogP contribution in [0.2, 0.25) is 0 Å². The van der Waals surface area contributed by atoms with Crippen molar-refractivity contribution in [3.05, 3.63) is 90.0 Å². The van der Waals surface area contributed by atoms with Gasteiger partial charge in [-0.15, -0.1) is 0 Å². The zero-order chi connectivity index (χ0) is 21.5. The molecule has 4 rings (SSSR count). The molecule has 3 aromatic carbocycles. The van der Waals surface area contributed by atoms with Crippen LogP contribution in [-0.4, -0.2) is 49.0 Å². The highest BCUT2D eigenvalue weighted by molar-refractivity contribution is 5.94. The largest absolute Gasteiger partial charge is 0.497 e. The van der Waals surface area contributed by atoms with Gasteiger partial charge in [0.05, 0.1) is 7.11 Å². The zero-order valence-electron chi connectivity index (χ0n) is 17.9. The number of benzene rings is 3. The van der Waals surface area contributed by atoms with Crippen LogP contribution in [0.1, 0.15) is 22.3 Å². The highest BCUT2D eigenvalue weighted by Gasteiger charge is 2.20. The molecule has 5 nitrogen and oxygen atoms in total. The smallest absolute Gasteiger partial charge is 0.253 e. The van der Waals surface area contributed by atoms with Crippen molar-refractivity contribution in [3.63, 3.8) is 0 Å². The summed E-state index contributed by atoms with van der Waals surface area (Å²) < 4.78 is 11.1. The van der Waals surface area contributed by atoms with Gasteiger partial charge in [-0.2, -0.15) is 0 Å². The Kier molecular flexibility index (Phi) is 6.85. The maximum Gasteiger partial charge on any atom is 0.253 e. The molecule has 0 atom stereocenters. The lowest BCUT2D eigenvalue weighted by atomic mass is 10.2. The predicted molar refractivity (Wildman–Crippen MR) is 122 cm³/mol. The third kappa shape index (κ3) is 5.64. The molecule has 31 heavy (non-hydrogen) atoms. The van der Waals surface area contributed by atoms with E-state index in [1.54, 1.807) is 7.11 Å². The topological polar surface area (TPSA) is 42.0 Å². The summed E-state index contributed by atoms with van der Waals surface area (Å²) in [6, 6.07) is 25.2. The van der Waals surface area contributed by atoms with E-state index in [4.69, 9.17) is 9.47 Å². The molecular formula is C26H28N2O3. The minimum absolute atomic E-state index is 0.0811. The molecule has 0 aliphatic carbocycles. The lowest BCUT2D eigenvalue weighted by Gasteiger charge is -2.22. The van der Waals surface area contributed by atoms with E-state index >= 15 is 0 Å². The first-order valence-corrected chi connectivity index (χ1v) is 10.7. The first-order chi connectivity index (χ1) is 15.2. The average Bonchev–Trinajstić information content (AvgIpc) is 3.06. The molecular weight excluding hydrogens is 388 g/mol. The molecule has 1 amide bonds. The van der Waals surface area contributed by atoms with Crippen LogP contribution < -0.4 is 9.47 Å². The minimum atomic E-state index is 0.0811. The molecule has 0 aromatic heterocycles. The number of ether oxygens (including phenoxy) is 2. The standard InChI is InChI=1S/C26H28N2O3/c1-30-23-12-8-21(9-13-23)20-27-16-5-17-28(19-18-27)26(29)22-10-14-25(15-11-22)31-24-6-3-2-4-7-24/h2-4,6-15H,5,16-20H2,1H3. The van der Waals surface area contributed by atoms with Gasteiger partial charge in [0.25, 0.3) is 5.91 Å². The molecule has 0 radical (unpaired) electrons. The molecule has 0 bridgehead atoms. The Hall–Kier alpha value is -3.31. The van der Waals surface area contributed by atoms with Crippen LogP contribution in [0.15, 0.2) is 78.9 Å². The van der Waals surface area contributed by atoms with E-state index in [9.17, 15) is 4.79 Å². The molecule has 0 unspecified atom stereocenters. The van der Waals surface area contributed by atoms with E-state index in [1.807, 2.05) is 71.6 Å². The van der Waals surface area contributed by atoms with Gasteiger partial charge < -0.3 is 14.4 Å². The molecule has 1 aliphatic rings. The number of carbonyl (C=O) groups excluding carboxylic acids is 1. The maximum absolute atomic E-state index is 13.0. The number of rotatable bonds is 6. The van der Waals surface area contributed by atoms with Crippen molar-refractivity contribution in [3.8, 4) is 17.2 Å². The van der Waals surface area contributed by atoms with E-state index in [1.165, 1.54) is 5.56 Å². The molecule has 3 aromatic rings. The van der Waals surface area contributed by atoms with E-state index in [2.05, 4.69) is 17.0 Å². The first kappa shape index (κ1) is 20.9. The minimum Gasteiger partial charge on any atom is -0.497 e. The second-order valence-corrected chi connectivity index (χ2v) is 7.71. The second kappa shape index (κ2) is 10.1. The van der Waals surface area contributed by atoms with Crippen molar-refractivity contribution in [1.82, 2.24) is 9.80 Å². The summed E-state index contributed by atoms with van der Waals surface area (Å²) in [6.07, 6.45) is 0.969. The Bertz CT molecular complexity index is 972. The number of amides is 1. The number of carbonyl (C=O) groups is 1. The Morgan fingerprint density at radius 3 is 2.16 bits per heavy atom. The maximum atomic E-state index is 13.0. The average molecular weight is 417 g/mol. The molecule has 160 valence electrons. The van der Waals surface area contributed by atoms with Crippen molar-refractivity contribution < 1.29 is 14.3 Å². The van der Waals surface area contributed by atoms with Crippen LogP contribution in [0.5, 0.6) is 17.2 Å². The Morgan fingerprint density at radius 2 is 1.45 bits per heavy atom. The van der Waals surface area contributed by atoms with Crippen molar-refractivity contribution >= 4 is 5.91 Å². The molecule has 0 saturated carbocycles. The summed E-state index contributed by atoms with van der Waals surface area (Å²) in [7, 11) is 1.68. The monoisotopic (exact) mass is 416 g/mol. The summed E-state index contributed by atoms with van der Waals surface area (Å²) in [5, 5.41) is 0. The molecule has 0 N–H and O–H groups in total. The molecule has 1 fully saturated rings. The zero-order valence-corrected chi connectivity index (χ0v) is 17.9. The number of nitrogens with zero attached hydrogens (tertiary/aromatic N) is 2. The van der Waals surface area contributed by atoms with E-state index in [0.29, 0.717) is 5.56 Å². The fourth-order valence-corrected chi connectivity index (χ4v) is 3.79. The van der Waals surface area contributed by atoms with Crippen LogP contribution in [0.25, 0.3) is 0 Å². The summed E-state index contributed by atoms with van der Waals surface area (Å²) >= 11 is 0. The molecule has 5 heteroatoms. The number of para-hydroxylation sites is 1. The van der Waals surface area contributed by atoms with Gasteiger partial charge in [-0.25, -0.2) is 0 Å². The van der Waals surface area contributed by atoms with Gasteiger partial charge in [-0.05, 0) is 60.5 Å². The lowest BCUT2D eigenvalue weighted by molar-refractivity contribution is 0.0761. The van der Waals surface area contributed by atoms with Gasteiger partial charge in [0.1, 0.15) is 17.2 Å². The quantitative estimate of drug-likeness (QED) is 0.577. The van der Waals surface area contributed by atoms with Crippen LogP contribution >= 0.6 is 0 Å². The molecule has 1 aliphatic heterocycles. The van der Waals surface area contributed by atoms with Crippen molar-refractivity contribution in [2.75, 3.05) is 33.3 Å². The Labute approximate surface area is 183 Å². The first-order valence-electron chi connectivity index (χ1n) is 10.7. The third-order valence-electron chi connectivity index (χ3n) is 5.52. The van der Waals surface area contributed by atoms with Crippen molar-refractivity contribution in [1.29, 1.82) is 0 Å². The summed E-state index contributed by atoms with van der Waals surface area (Å²) in [5.41, 5.74) is 1.96. The van der Waals surface area contributed by atoms with Gasteiger partial charge in [0.15, 0.2) is 0 Å². The van der Waals surface area contributed by atoms with Crippen LogP contribution in [0.3, 0.4) is 0 Å². The van der Waals surface area contributed by atoms with Crippen molar-refractivity contribution in [2.45, 2.75) is 13.0 Å². The fourth-order valence-electron chi connectivity index (χ4n) is 3.79. The third-order valence-corrected chi connectivity index (χ3v) is 5.52. The van der Waals surface area contributed by atoms with Crippen LogP contribution in [0, 0.1) is 0 Å². The predicted octanol–water partition coefficient (Wildman–Crippen LogP) is 4.84. The normalized spacial score (nSPS) is 14.7. The summed E-state index contributed by atoms with van der Waals surface area (Å²) in [5.74, 6) is 2.46. The summed E-state index contributed by atoms with van der Waals surface area (Å²) in [4.78, 5) is 17.4. The number of hydrogen-bond acceptors (Lipinski definition) is 4. The van der Waals surface area contributed by atoms with Gasteiger partial charge in [0, 0.05) is 38.3 Å². The lowest BCUT2D eigenvalue weighted by Crippen LogP contribution is -2.35. The van der Waals surface area contributed by atoms with E-state index < -0.39 is 0 Å². The van der Waals surface area contributed by atoms with Crippen molar-refractivity contribution in [2.24, 2.45) is 0 Å². The Balaban J connectivity index is 1.32. The number of methoxy groups -OCH3 is 1. The molecule has 1 saturated heterocycles. The fraction of sp³-hybridized carbons (Fsp3) is 0.269. The van der Waals surface area contributed by atoms with E-state index in [-0.39, 0.29) is 5.91 Å². The van der Waals surface area contributed by atoms with Crippen LogP contribution in [0.4, 0.5) is 0 Å². The van der Waals surface area contributed by atoms with Gasteiger partial charge in [-0.1, -0.05) is 30.3 Å². The van der Waals surface area contributed by atoms with E-state index in [0.717, 1.165) is 56.4 Å². The van der Waals surface area contributed by atoms with Gasteiger partial charge in [-0.3, -0.25) is 9.69 Å². The highest BCUT2D eigenvalue weighted by Crippen LogP contribution is 2.22. The number of hydrogen-bond donors (Lipinski definition) is 0. The molecule has 1 heterocycles. The SMILES string of the molecule is COc1ccc(CN2CCCN(C(=O)c3ccc(Oc4ccccc4)cc3)CC2)cc1. The summed E-state index contributed by atoms with van der Waals surface area (Å²) in [6.45, 7) is 4.25. The highest BCUT2D eigenvalue weighted by atomic mass is 16.5.